The van der Waals surface area contributed by atoms with E-state index in [2.05, 4.69) is 56.6 Å². The molecule has 1 heterocycles. The molecule has 0 spiro atoms. The van der Waals surface area contributed by atoms with Crippen LogP contribution in [0.4, 0.5) is 0 Å². The van der Waals surface area contributed by atoms with Crippen molar-refractivity contribution in [3.05, 3.63) is 34.9 Å². The molecule has 0 bridgehead atoms. The van der Waals surface area contributed by atoms with E-state index in [1.54, 1.807) is 0 Å². The molecule has 2 aliphatic carbocycles. The molecular weight excluding hydrogens is 420 g/mol. The highest BCUT2D eigenvalue weighted by Gasteiger charge is 2.36. The van der Waals surface area contributed by atoms with Gasteiger partial charge < -0.3 is 10.6 Å². The number of hydrogen-bond acceptors (Lipinski definition) is 2. The molecule has 0 aromatic heterocycles. The second kappa shape index (κ2) is 13.3. The average Bonchev–Trinajstić information content (AvgIpc) is 2.79. The summed E-state index contributed by atoms with van der Waals surface area (Å²) >= 11 is 0. The zero-order valence-electron chi connectivity index (χ0n) is 22.1. The number of carbonyl (C=O) groups excluding carboxylic acids is 2. The van der Waals surface area contributed by atoms with E-state index in [0.29, 0.717) is 12.3 Å². The molecule has 190 valence electrons. The van der Waals surface area contributed by atoms with Gasteiger partial charge in [-0.15, -0.1) is 0 Å². The molecule has 0 aromatic carbocycles. The maximum Gasteiger partial charge on any atom is 0.243 e. The van der Waals surface area contributed by atoms with Crippen LogP contribution < -0.4 is 10.6 Å². The van der Waals surface area contributed by atoms with Crippen LogP contribution in [-0.4, -0.2) is 23.9 Å². The zero-order valence-corrected chi connectivity index (χ0v) is 22.1. The molecule has 1 saturated heterocycles. The highest BCUT2D eigenvalue weighted by atomic mass is 16.2. The predicted molar refractivity (Wildman–Crippen MR) is 141 cm³/mol. The van der Waals surface area contributed by atoms with Gasteiger partial charge in [-0.05, 0) is 103 Å². The summed E-state index contributed by atoms with van der Waals surface area (Å²) in [6.07, 6.45) is 21.6. The summed E-state index contributed by atoms with van der Waals surface area (Å²) in [6.45, 7) is 8.65. The fourth-order valence-corrected chi connectivity index (χ4v) is 5.94. The van der Waals surface area contributed by atoms with Crippen LogP contribution in [0.2, 0.25) is 0 Å². The monoisotopic (exact) mass is 468 g/mol. The van der Waals surface area contributed by atoms with Crippen LogP contribution in [0.15, 0.2) is 34.9 Å². The Balaban J connectivity index is 1.38. The molecule has 4 heteroatoms. The van der Waals surface area contributed by atoms with E-state index in [0.717, 1.165) is 37.5 Å². The summed E-state index contributed by atoms with van der Waals surface area (Å²) in [5, 5.41) is 6.12. The van der Waals surface area contributed by atoms with E-state index in [1.807, 2.05) is 0 Å². The maximum atomic E-state index is 12.8. The second-order valence-electron chi connectivity index (χ2n) is 11.7. The number of hydrogen-bond donors (Lipinski definition) is 2. The third-order valence-electron chi connectivity index (χ3n) is 8.14. The summed E-state index contributed by atoms with van der Waals surface area (Å²) < 4.78 is 0. The van der Waals surface area contributed by atoms with E-state index in [-0.39, 0.29) is 17.9 Å². The highest BCUT2D eigenvalue weighted by molar-refractivity contribution is 5.97. The van der Waals surface area contributed by atoms with E-state index in [4.69, 9.17) is 0 Å². The van der Waals surface area contributed by atoms with Gasteiger partial charge in [0.1, 0.15) is 12.1 Å². The number of allylic oxidation sites excluding steroid dienone is 5. The van der Waals surface area contributed by atoms with Gasteiger partial charge in [-0.2, -0.15) is 0 Å². The topological polar surface area (TPSA) is 58.2 Å². The van der Waals surface area contributed by atoms with Crippen molar-refractivity contribution in [1.82, 2.24) is 10.6 Å². The minimum Gasteiger partial charge on any atom is -0.343 e. The van der Waals surface area contributed by atoms with Gasteiger partial charge in [0.15, 0.2) is 0 Å². The number of nitrogens with one attached hydrogen (secondary N) is 2. The summed E-state index contributed by atoms with van der Waals surface area (Å²) in [4.78, 5) is 25.6. The Morgan fingerprint density at radius 3 is 1.94 bits per heavy atom. The molecule has 1 saturated carbocycles. The summed E-state index contributed by atoms with van der Waals surface area (Å²) in [5.41, 5.74) is 4.14. The smallest absolute Gasteiger partial charge is 0.243 e. The molecule has 4 nitrogen and oxygen atoms in total. The van der Waals surface area contributed by atoms with Gasteiger partial charge in [0.2, 0.25) is 11.8 Å². The molecular formula is C30H48N2O2. The Hall–Kier alpha value is -1.84. The molecule has 2 N–H and O–H groups in total. The van der Waals surface area contributed by atoms with Crippen LogP contribution in [0, 0.1) is 17.8 Å². The molecule has 1 aliphatic heterocycles. The van der Waals surface area contributed by atoms with Crippen molar-refractivity contribution in [2.24, 2.45) is 17.8 Å². The third-order valence-corrected chi connectivity index (χ3v) is 8.14. The Morgan fingerprint density at radius 1 is 0.794 bits per heavy atom. The summed E-state index contributed by atoms with van der Waals surface area (Å²) in [7, 11) is 0. The average molecular weight is 469 g/mol. The Labute approximate surface area is 208 Å². The van der Waals surface area contributed by atoms with Crippen molar-refractivity contribution >= 4 is 11.8 Å². The van der Waals surface area contributed by atoms with E-state index >= 15 is 0 Å². The molecule has 2 amide bonds. The van der Waals surface area contributed by atoms with Gasteiger partial charge in [-0.1, -0.05) is 60.6 Å². The molecule has 34 heavy (non-hydrogen) atoms. The largest absolute Gasteiger partial charge is 0.343 e. The number of amides is 2. The molecule has 3 atom stereocenters. The Morgan fingerprint density at radius 2 is 1.35 bits per heavy atom. The van der Waals surface area contributed by atoms with Gasteiger partial charge >= 0.3 is 0 Å². The van der Waals surface area contributed by atoms with Crippen molar-refractivity contribution in [3.8, 4) is 0 Å². The lowest BCUT2D eigenvalue weighted by Crippen LogP contribution is -2.62. The lowest BCUT2D eigenvalue weighted by atomic mass is 9.77. The lowest BCUT2D eigenvalue weighted by Gasteiger charge is -2.35. The molecule has 0 aromatic rings. The van der Waals surface area contributed by atoms with Crippen LogP contribution in [0.3, 0.4) is 0 Å². The van der Waals surface area contributed by atoms with E-state index in [1.165, 1.54) is 68.1 Å². The van der Waals surface area contributed by atoms with Gasteiger partial charge in [-0.25, -0.2) is 0 Å². The SMILES string of the molecule is CC(C)=CCCC1CC=C(CC2NC(=O)C(CC3CCC(CCC=C(C)C)CC3)NC2=O)CC1. The fourth-order valence-electron chi connectivity index (χ4n) is 5.94. The first-order chi connectivity index (χ1) is 16.3. The minimum absolute atomic E-state index is 0.00610. The summed E-state index contributed by atoms with van der Waals surface area (Å²) in [6, 6.07) is -0.751. The van der Waals surface area contributed by atoms with Crippen molar-refractivity contribution in [2.75, 3.05) is 0 Å². The lowest BCUT2D eigenvalue weighted by molar-refractivity contribution is -0.137. The van der Waals surface area contributed by atoms with Crippen LogP contribution in [0.5, 0.6) is 0 Å². The Bertz CT molecular complexity index is 778. The quantitative estimate of drug-likeness (QED) is 0.347. The number of piperazine rings is 1. The van der Waals surface area contributed by atoms with Crippen molar-refractivity contribution < 1.29 is 9.59 Å². The Kier molecular flexibility index (Phi) is 10.5. The first kappa shape index (κ1) is 26.8. The van der Waals surface area contributed by atoms with Crippen LogP contribution in [-0.2, 0) is 9.59 Å². The predicted octanol–water partition coefficient (Wildman–Crippen LogP) is 6.78. The molecule has 3 rings (SSSR count). The minimum atomic E-state index is -0.400. The number of rotatable bonds is 10. The van der Waals surface area contributed by atoms with Gasteiger partial charge in [-0.3, -0.25) is 9.59 Å². The second-order valence-corrected chi connectivity index (χ2v) is 11.7. The first-order valence-corrected chi connectivity index (χ1v) is 13.9. The van der Waals surface area contributed by atoms with Crippen LogP contribution in [0.25, 0.3) is 0 Å². The van der Waals surface area contributed by atoms with Crippen molar-refractivity contribution in [2.45, 2.75) is 123 Å². The molecule has 2 fully saturated rings. The van der Waals surface area contributed by atoms with E-state index < -0.39 is 6.04 Å². The fraction of sp³-hybridized carbons (Fsp3) is 0.733. The summed E-state index contributed by atoms with van der Waals surface area (Å²) in [5.74, 6) is 2.15. The highest BCUT2D eigenvalue weighted by Crippen LogP contribution is 2.35. The first-order valence-electron chi connectivity index (χ1n) is 13.9. The van der Waals surface area contributed by atoms with Crippen molar-refractivity contribution in [3.63, 3.8) is 0 Å². The molecule has 0 radical (unpaired) electrons. The normalized spacial score (nSPS) is 29.5. The molecule has 3 unspecified atom stereocenters. The zero-order chi connectivity index (χ0) is 24.5. The molecule has 3 aliphatic rings. The third kappa shape index (κ3) is 8.74. The van der Waals surface area contributed by atoms with Crippen molar-refractivity contribution in [1.29, 1.82) is 0 Å². The number of carbonyl (C=O) groups is 2. The van der Waals surface area contributed by atoms with E-state index in [9.17, 15) is 9.59 Å². The van der Waals surface area contributed by atoms with Crippen LogP contribution in [0.1, 0.15) is 111 Å². The van der Waals surface area contributed by atoms with Gasteiger partial charge in [0, 0.05) is 0 Å². The standard InChI is InChI=1S/C30H48N2O2/c1-21(2)7-5-9-23-11-15-25(16-12-23)19-27-29(33)32-28(30(34)31-27)20-26-17-13-24(14-18-26)10-6-8-22(3)4/h7-8,15,23-24,26-28H,5-6,9-14,16-20H2,1-4H3,(H,31,34)(H,32,33). The van der Waals surface area contributed by atoms with Crippen LogP contribution >= 0.6 is 0 Å². The maximum absolute atomic E-state index is 12.8. The van der Waals surface area contributed by atoms with Gasteiger partial charge in [0.05, 0.1) is 0 Å². The van der Waals surface area contributed by atoms with Gasteiger partial charge in [0.25, 0.3) is 0 Å².